The van der Waals surface area contributed by atoms with Crippen LogP contribution < -0.4 is 10.6 Å². The maximum atomic E-state index is 13.3. The molecule has 0 atom stereocenters. The van der Waals surface area contributed by atoms with E-state index in [0.29, 0.717) is 5.69 Å². The van der Waals surface area contributed by atoms with Crippen LogP contribution in [0.15, 0.2) is 60.9 Å². The topological polar surface area (TPSA) is 71.1 Å². The van der Waals surface area contributed by atoms with E-state index in [0.717, 1.165) is 17.7 Å². The Bertz CT molecular complexity index is 1020. The average Bonchev–Trinajstić information content (AvgIpc) is 2.66. The molecule has 2 amide bonds. The van der Waals surface area contributed by atoms with Gasteiger partial charge in [-0.25, -0.2) is 8.78 Å². The summed E-state index contributed by atoms with van der Waals surface area (Å²) < 4.78 is 26.2. The Morgan fingerprint density at radius 3 is 2.19 bits per heavy atom. The standard InChI is InChI=1S/C20H15F2N3O2/c1-12-4-2-3-5-18(12)25-20(27)14-8-13(10-23-11-14)19(26)24-15-6-7-16(21)17(22)9-15/h2-11H,1H3,(H,24,26)(H,25,27). The largest absolute Gasteiger partial charge is 0.322 e. The highest BCUT2D eigenvalue weighted by molar-refractivity contribution is 6.08. The quantitative estimate of drug-likeness (QED) is 0.727. The molecule has 0 bridgehead atoms. The number of aromatic nitrogens is 1. The maximum Gasteiger partial charge on any atom is 0.257 e. The van der Waals surface area contributed by atoms with Crippen molar-refractivity contribution in [3.05, 3.63) is 89.2 Å². The SMILES string of the molecule is Cc1ccccc1NC(=O)c1cncc(C(=O)Nc2ccc(F)c(F)c2)c1. The highest BCUT2D eigenvalue weighted by atomic mass is 19.2. The molecule has 136 valence electrons. The Labute approximate surface area is 154 Å². The number of nitrogens with zero attached hydrogens (tertiary/aromatic N) is 1. The number of nitrogens with one attached hydrogen (secondary N) is 2. The van der Waals surface area contributed by atoms with Crippen molar-refractivity contribution in [1.29, 1.82) is 0 Å². The highest BCUT2D eigenvalue weighted by Crippen LogP contribution is 2.16. The van der Waals surface area contributed by atoms with Crippen LogP contribution >= 0.6 is 0 Å². The number of para-hydroxylation sites is 1. The lowest BCUT2D eigenvalue weighted by Crippen LogP contribution is -2.16. The van der Waals surface area contributed by atoms with Gasteiger partial charge in [0.2, 0.25) is 0 Å². The zero-order chi connectivity index (χ0) is 19.4. The monoisotopic (exact) mass is 367 g/mol. The summed E-state index contributed by atoms with van der Waals surface area (Å²) in [5, 5.41) is 5.19. The summed E-state index contributed by atoms with van der Waals surface area (Å²) in [4.78, 5) is 28.6. The number of anilines is 2. The summed E-state index contributed by atoms with van der Waals surface area (Å²) in [6.07, 6.45) is 2.61. The van der Waals surface area contributed by atoms with Crippen molar-refractivity contribution in [2.75, 3.05) is 10.6 Å². The van der Waals surface area contributed by atoms with E-state index in [1.165, 1.54) is 24.5 Å². The van der Waals surface area contributed by atoms with Gasteiger partial charge in [0.25, 0.3) is 11.8 Å². The molecule has 0 radical (unpaired) electrons. The number of halogens is 2. The Hall–Kier alpha value is -3.61. The summed E-state index contributed by atoms with van der Waals surface area (Å²) >= 11 is 0. The molecule has 2 aromatic carbocycles. The number of pyridine rings is 1. The van der Waals surface area contributed by atoms with E-state index >= 15 is 0 Å². The molecule has 7 heteroatoms. The van der Waals surface area contributed by atoms with Gasteiger partial charge in [0.15, 0.2) is 11.6 Å². The second-order valence-electron chi connectivity index (χ2n) is 5.81. The fourth-order valence-electron chi connectivity index (χ4n) is 2.37. The van der Waals surface area contributed by atoms with E-state index in [9.17, 15) is 18.4 Å². The van der Waals surface area contributed by atoms with E-state index < -0.39 is 23.4 Å². The van der Waals surface area contributed by atoms with E-state index in [-0.39, 0.29) is 16.8 Å². The first-order valence-corrected chi connectivity index (χ1v) is 8.02. The smallest absolute Gasteiger partial charge is 0.257 e. The van der Waals surface area contributed by atoms with Crippen LogP contribution in [-0.4, -0.2) is 16.8 Å². The Balaban J connectivity index is 1.76. The van der Waals surface area contributed by atoms with Gasteiger partial charge in [-0.15, -0.1) is 0 Å². The van der Waals surface area contributed by atoms with Gasteiger partial charge in [-0.2, -0.15) is 0 Å². The molecular formula is C20H15F2N3O2. The number of carbonyl (C=O) groups excluding carboxylic acids is 2. The first kappa shape index (κ1) is 18.2. The van der Waals surface area contributed by atoms with Crippen molar-refractivity contribution in [2.45, 2.75) is 6.92 Å². The first-order chi connectivity index (χ1) is 12.9. The van der Waals surface area contributed by atoms with Crippen LogP contribution in [0.5, 0.6) is 0 Å². The Morgan fingerprint density at radius 1 is 0.852 bits per heavy atom. The van der Waals surface area contributed by atoms with Crippen LogP contribution in [-0.2, 0) is 0 Å². The number of hydrogen-bond donors (Lipinski definition) is 2. The molecule has 0 aliphatic rings. The van der Waals surface area contributed by atoms with Gasteiger partial charge >= 0.3 is 0 Å². The van der Waals surface area contributed by atoms with Crippen molar-refractivity contribution in [3.63, 3.8) is 0 Å². The van der Waals surface area contributed by atoms with Crippen LogP contribution in [0.3, 0.4) is 0 Å². The minimum atomic E-state index is -1.07. The predicted octanol–water partition coefficient (Wildman–Crippen LogP) is 4.17. The van der Waals surface area contributed by atoms with E-state index in [4.69, 9.17) is 0 Å². The lowest BCUT2D eigenvalue weighted by Gasteiger charge is -2.09. The minimum absolute atomic E-state index is 0.0914. The summed E-state index contributed by atoms with van der Waals surface area (Å²) in [6, 6.07) is 11.7. The minimum Gasteiger partial charge on any atom is -0.322 e. The van der Waals surface area contributed by atoms with Gasteiger partial charge < -0.3 is 10.6 Å². The molecule has 0 saturated carbocycles. The van der Waals surface area contributed by atoms with Crippen LogP contribution in [0.1, 0.15) is 26.3 Å². The molecule has 3 rings (SSSR count). The molecule has 1 aromatic heterocycles. The van der Waals surface area contributed by atoms with Gasteiger partial charge in [0, 0.05) is 29.8 Å². The van der Waals surface area contributed by atoms with Gasteiger partial charge in [-0.1, -0.05) is 18.2 Å². The molecule has 0 saturated heterocycles. The normalized spacial score (nSPS) is 10.3. The number of amides is 2. The van der Waals surface area contributed by atoms with Crippen molar-refractivity contribution >= 4 is 23.2 Å². The molecule has 0 fully saturated rings. The zero-order valence-corrected chi connectivity index (χ0v) is 14.3. The fraction of sp³-hybridized carbons (Fsp3) is 0.0500. The lowest BCUT2D eigenvalue weighted by atomic mass is 10.1. The summed E-state index contributed by atoms with van der Waals surface area (Å²) in [5.41, 5.74) is 1.94. The molecule has 1 heterocycles. The van der Waals surface area contributed by atoms with E-state index in [2.05, 4.69) is 15.6 Å². The fourth-order valence-corrected chi connectivity index (χ4v) is 2.37. The van der Waals surface area contributed by atoms with Crippen LogP contribution in [0, 0.1) is 18.6 Å². The highest BCUT2D eigenvalue weighted by Gasteiger charge is 2.13. The predicted molar refractivity (Wildman–Crippen MR) is 97.7 cm³/mol. The molecule has 0 spiro atoms. The number of benzene rings is 2. The van der Waals surface area contributed by atoms with E-state index in [1.54, 1.807) is 12.1 Å². The Kier molecular flexibility index (Phi) is 5.21. The molecule has 5 nitrogen and oxygen atoms in total. The van der Waals surface area contributed by atoms with Crippen LogP contribution in [0.2, 0.25) is 0 Å². The zero-order valence-electron chi connectivity index (χ0n) is 14.3. The molecule has 3 aromatic rings. The summed E-state index contributed by atoms with van der Waals surface area (Å²) in [7, 11) is 0. The molecule has 27 heavy (non-hydrogen) atoms. The van der Waals surface area contributed by atoms with Gasteiger partial charge in [0.05, 0.1) is 11.1 Å². The molecule has 0 unspecified atom stereocenters. The number of hydrogen-bond acceptors (Lipinski definition) is 3. The first-order valence-electron chi connectivity index (χ1n) is 8.02. The third-order valence-corrected chi connectivity index (χ3v) is 3.83. The Morgan fingerprint density at radius 2 is 1.52 bits per heavy atom. The second kappa shape index (κ2) is 7.74. The summed E-state index contributed by atoms with van der Waals surface area (Å²) in [5.74, 6) is -3.10. The third-order valence-electron chi connectivity index (χ3n) is 3.83. The molecule has 0 aliphatic heterocycles. The third kappa shape index (κ3) is 4.33. The van der Waals surface area contributed by atoms with Crippen molar-refractivity contribution < 1.29 is 18.4 Å². The number of aryl methyl sites for hydroxylation is 1. The number of carbonyl (C=O) groups is 2. The second-order valence-corrected chi connectivity index (χ2v) is 5.81. The summed E-state index contributed by atoms with van der Waals surface area (Å²) in [6.45, 7) is 1.86. The van der Waals surface area contributed by atoms with Gasteiger partial charge in [-0.3, -0.25) is 14.6 Å². The van der Waals surface area contributed by atoms with Crippen molar-refractivity contribution in [3.8, 4) is 0 Å². The molecule has 2 N–H and O–H groups in total. The maximum absolute atomic E-state index is 13.3. The molecular weight excluding hydrogens is 352 g/mol. The lowest BCUT2D eigenvalue weighted by molar-refractivity contribution is 0.102. The number of rotatable bonds is 4. The van der Waals surface area contributed by atoms with Crippen molar-refractivity contribution in [1.82, 2.24) is 4.98 Å². The van der Waals surface area contributed by atoms with Gasteiger partial charge in [0.1, 0.15) is 0 Å². The van der Waals surface area contributed by atoms with Crippen LogP contribution in [0.4, 0.5) is 20.2 Å². The molecule has 0 aliphatic carbocycles. The van der Waals surface area contributed by atoms with Crippen molar-refractivity contribution in [2.24, 2.45) is 0 Å². The van der Waals surface area contributed by atoms with E-state index in [1.807, 2.05) is 19.1 Å². The van der Waals surface area contributed by atoms with Crippen LogP contribution in [0.25, 0.3) is 0 Å². The average molecular weight is 367 g/mol. The van der Waals surface area contributed by atoms with Gasteiger partial charge in [-0.05, 0) is 36.8 Å².